The lowest BCUT2D eigenvalue weighted by molar-refractivity contribution is -0.274. The Labute approximate surface area is 142 Å². The minimum absolute atomic E-state index is 0.0560. The number of carbonyl (C=O) groups is 1. The molecule has 0 N–H and O–H groups in total. The van der Waals surface area contributed by atoms with E-state index in [2.05, 4.69) is 4.74 Å². The van der Waals surface area contributed by atoms with Gasteiger partial charge in [0, 0.05) is 18.5 Å². The lowest BCUT2D eigenvalue weighted by Crippen LogP contribution is -2.27. The Morgan fingerprint density at radius 2 is 1.71 bits per heavy atom. The number of rotatable bonds is 6. The number of carbonyl (C=O) groups excluding carboxylic acids is 1. The molecule has 0 aromatic heterocycles. The van der Waals surface area contributed by atoms with E-state index in [1.807, 2.05) is 30.3 Å². The molecule has 3 nitrogen and oxygen atoms in total. The topological polar surface area (TPSA) is 29.5 Å². The van der Waals surface area contributed by atoms with Crippen LogP contribution in [0, 0.1) is 0 Å². The number of benzene rings is 2. The van der Waals surface area contributed by atoms with Gasteiger partial charge in [0.15, 0.2) is 0 Å². The molecule has 0 heterocycles. The van der Waals surface area contributed by atoms with Crippen molar-refractivity contribution in [1.29, 1.82) is 0 Å². The summed E-state index contributed by atoms with van der Waals surface area (Å²) in [4.78, 5) is 14.7. The van der Waals surface area contributed by atoms with Gasteiger partial charge in [-0.15, -0.1) is 24.9 Å². The van der Waals surface area contributed by atoms with Crippen molar-refractivity contribution in [3.63, 3.8) is 0 Å². The van der Waals surface area contributed by atoms with E-state index in [4.69, 9.17) is 0 Å². The zero-order chi connectivity index (χ0) is 17.6. The van der Waals surface area contributed by atoms with Crippen LogP contribution < -0.4 is 4.74 Å². The smallest absolute Gasteiger partial charge is 0.406 e. The van der Waals surface area contributed by atoms with Gasteiger partial charge in [-0.2, -0.15) is 0 Å². The minimum Gasteiger partial charge on any atom is -0.406 e. The molecule has 0 unspecified atom stereocenters. The number of ether oxygens (including phenoxy) is 1. The molecule has 0 aliphatic carbocycles. The summed E-state index contributed by atoms with van der Waals surface area (Å²) < 4.78 is 40.1. The van der Waals surface area contributed by atoms with Crippen molar-refractivity contribution in [2.75, 3.05) is 12.8 Å². The van der Waals surface area contributed by atoms with Crippen LogP contribution in [0.1, 0.15) is 5.56 Å². The van der Waals surface area contributed by atoms with Crippen LogP contribution in [0.3, 0.4) is 0 Å². The van der Waals surface area contributed by atoms with E-state index >= 15 is 0 Å². The summed E-state index contributed by atoms with van der Waals surface area (Å²) >= 11 is 1.44. The summed E-state index contributed by atoms with van der Waals surface area (Å²) in [7, 11) is 1.66. The van der Waals surface area contributed by atoms with Gasteiger partial charge >= 0.3 is 6.36 Å². The number of thioether (sulfide) groups is 1. The molecule has 0 bridgehead atoms. The Balaban J connectivity index is 1.84. The summed E-state index contributed by atoms with van der Waals surface area (Å²) in [6.45, 7) is 0.320. The highest BCUT2D eigenvalue weighted by molar-refractivity contribution is 8.00. The fraction of sp³-hybridized carbons (Fsp3) is 0.235. The SMILES string of the molecule is CN(Cc1ccc(OC(F)(F)F)cc1)C(=O)CSc1ccccc1. The summed E-state index contributed by atoms with van der Waals surface area (Å²) in [5.41, 5.74) is 0.727. The van der Waals surface area contributed by atoms with E-state index in [0.717, 1.165) is 10.5 Å². The molecule has 0 atom stereocenters. The predicted octanol–water partition coefficient (Wildman–Crippen LogP) is 4.34. The fourth-order valence-corrected chi connectivity index (χ4v) is 2.79. The van der Waals surface area contributed by atoms with Crippen LogP contribution in [0.4, 0.5) is 13.2 Å². The molecule has 0 aliphatic heterocycles. The molecule has 2 aromatic rings. The molecule has 2 aromatic carbocycles. The Bertz CT molecular complexity index is 660. The molecule has 0 aliphatic rings. The molecule has 1 amide bonds. The molecule has 24 heavy (non-hydrogen) atoms. The van der Waals surface area contributed by atoms with Gasteiger partial charge in [-0.05, 0) is 29.8 Å². The molecule has 0 spiro atoms. The molecular formula is C17H16F3NO2S. The van der Waals surface area contributed by atoms with Crippen LogP contribution in [-0.2, 0) is 11.3 Å². The minimum atomic E-state index is -4.71. The molecular weight excluding hydrogens is 339 g/mol. The molecule has 0 saturated heterocycles. The van der Waals surface area contributed by atoms with Gasteiger partial charge in [0.2, 0.25) is 5.91 Å². The Morgan fingerprint density at radius 3 is 2.29 bits per heavy atom. The summed E-state index contributed by atoms with van der Waals surface area (Å²) in [5, 5.41) is 0. The summed E-state index contributed by atoms with van der Waals surface area (Å²) in [6.07, 6.45) is -4.71. The highest BCUT2D eigenvalue weighted by Crippen LogP contribution is 2.23. The van der Waals surface area contributed by atoms with Crippen molar-refractivity contribution in [1.82, 2.24) is 4.90 Å². The van der Waals surface area contributed by atoms with Crippen molar-refractivity contribution < 1.29 is 22.7 Å². The van der Waals surface area contributed by atoms with Crippen molar-refractivity contribution in [2.45, 2.75) is 17.8 Å². The van der Waals surface area contributed by atoms with Crippen LogP contribution in [0.5, 0.6) is 5.75 Å². The van der Waals surface area contributed by atoms with Crippen molar-refractivity contribution in [3.8, 4) is 5.75 Å². The number of hydrogen-bond donors (Lipinski definition) is 0. The first-order chi connectivity index (χ1) is 11.3. The maximum Gasteiger partial charge on any atom is 0.573 e. The van der Waals surface area contributed by atoms with E-state index in [-0.39, 0.29) is 11.7 Å². The maximum atomic E-state index is 12.1. The second-order valence-electron chi connectivity index (χ2n) is 5.04. The standard InChI is InChI=1S/C17H16F3NO2S/c1-21(16(22)12-24-15-5-3-2-4-6-15)11-13-7-9-14(10-8-13)23-17(18,19)20/h2-10H,11-12H2,1H3. The first-order valence-electron chi connectivity index (χ1n) is 7.10. The first kappa shape index (κ1) is 18.2. The van der Waals surface area contributed by atoms with E-state index in [0.29, 0.717) is 12.3 Å². The third-order valence-electron chi connectivity index (χ3n) is 3.11. The second kappa shape index (κ2) is 8.10. The van der Waals surface area contributed by atoms with Gasteiger partial charge in [-0.1, -0.05) is 30.3 Å². The van der Waals surface area contributed by atoms with Crippen LogP contribution in [0.2, 0.25) is 0 Å². The van der Waals surface area contributed by atoms with E-state index in [9.17, 15) is 18.0 Å². The Hall–Kier alpha value is -2.15. The molecule has 2 rings (SSSR count). The van der Waals surface area contributed by atoms with Gasteiger partial charge in [-0.3, -0.25) is 4.79 Å². The lowest BCUT2D eigenvalue weighted by atomic mass is 10.2. The zero-order valence-electron chi connectivity index (χ0n) is 12.9. The van der Waals surface area contributed by atoms with E-state index < -0.39 is 6.36 Å². The third kappa shape index (κ3) is 6.16. The monoisotopic (exact) mass is 355 g/mol. The number of halogens is 3. The molecule has 7 heteroatoms. The van der Waals surface area contributed by atoms with Crippen LogP contribution in [0.25, 0.3) is 0 Å². The average molecular weight is 355 g/mol. The van der Waals surface area contributed by atoms with Crippen molar-refractivity contribution in [2.24, 2.45) is 0 Å². The highest BCUT2D eigenvalue weighted by Gasteiger charge is 2.30. The Kier molecular flexibility index (Phi) is 6.14. The van der Waals surface area contributed by atoms with E-state index in [1.54, 1.807) is 7.05 Å². The fourth-order valence-electron chi connectivity index (χ4n) is 1.93. The van der Waals surface area contributed by atoms with Crippen LogP contribution in [-0.4, -0.2) is 30.0 Å². The predicted molar refractivity (Wildman–Crippen MR) is 86.8 cm³/mol. The van der Waals surface area contributed by atoms with Gasteiger partial charge in [0.1, 0.15) is 5.75 Å². The Morgan fingerprint density at radius 1 is 1.08 bits per heavy atom. The number of hydrogen-bond acceptors (Lipinski definition) is 3. The van der Waals surface area contributed by atoms with Crippen LogP contribution >= 0.6 is 11.8 Å². The van der Waals surface area contributed by atoms with Gasteiger partial charge < -0.3 is 9.64 Å². The largest absolute Gasteiger partial charge is 0.573 e. The highest BCUT2D eigenvalue weighted by atomic mass is 32.2. The quantitative estimate of drug-likeness (QED) is 0.722. The number of amides is 1. The average Bonchev–Trinajstić information content (AvgIpc) is 2.54. The molecule has 0 fully saturated rings. The zero-order valence-corrected chi connectivity index (χ0v) is 13.7. The van der Waals surface area contributed by atoms with E-state index in [1.165, 1.54) is 40.9 Å². The molecule has 128 valence electrons. The van der Waals surface area contributed by atoms with Gasteiger partial charge in [-0.25, -0.2) is 0 Å². The van der Waals surface area contributed by atoms with Crippen molar-refractivity contribution >= 4 is 17.7 Å². The normalized spacial score (nSPS) is 11.2. The first-order valence-corrected chi connectivity index (χ1v) is 8.08. The number of alkyl halides is 3. The molecule has 0 saturated carbocycles. The third-order valence-corrected chi connectivity index (χ3v) is 4.10. The molecule has 0 radical (unpaired) electrons. The number of nitrogens with zero attached hydrogens (tertiary/aromatic N) is 1. The summed E-state index contributed by atoms with van der Waals surface area (Å²) in [5.74, 6) is -0.0326. The van der Waals surface area contributed by atoms with Gasteiger partial charge in [0.25, 0.3) is 0 Å². The summed E-state index contributed by atoms with van der Waals surface area (Å²) in [6, 6.07) is 15.1. The van der Waals surface area contributed by atoms with Crippen molar-refractivity contribution in [3.05, 3.63) is 60.2 Å². The maximum absolute atomic E-state index is 12.1. The van der Waals surface area contributed by atoms with Crippen LogP contribution in [0.15, 0.2) is 59.5 Å². The van der Waals surface area contributed by atoms with Gasteiger partial charge in [0.05, 0.1) is 5.75 Å². The lowest BCUT2D eigenvalue weighted by Gasteiger charge is -2.17. The second-order valence-corrected chi connectivity index (χ2v) is 6.09.